The van der Waals surface area contributed by atoms with Crippen molar-refractivity contribution in [3.63, 3.8) is 0 Å². The molecule has 2 heterocycles. The van der Waals surface area contributed by atoms with Gasteiger partial charge in [-0.15, -0.1) is 0 Å². The third-order valence-corrected chi connectivity index (χ3v) is 7.77. The van der Waals surface area contributed by atoms with E-state index in [0.717, 1.165) is 17.5 Å². The number of aliphatic hydroxyl groups is 1. The topological polar surface area (TPSA) is 98.2 Å². The van der Waals surface area contributed by atoms with Crippen molar-refractivity contribution in [1.29, 1.82) is 0 Å². The van der Waals surface area contributed by atoms with Gasteiger partial charge in [0.15, 0.2) is 5.13 Å². The Hall–Kier alpha value is -4.63. The molecule has 3 aromatic carbocycles. The molecule has 216 valence electrons. The maximum absolute atomic E-state index is 13.6. The van der Waals surface area contributed by atoms with E-state index in [1.807, 2.05) is 25.1 Å². The molecule has 5 rings (SSSR count). The van der Waals surface area contributed by atoms with Crippen molar-refractivity contribution in [2.75, 3.05) is 24.7 Å². The fourth-order valence-electron chi connectivity index (χ4n) is 4.72. The van der Waals surface area contributed by atoms with Crippen molar-refractivity contribution < 1.29 is 28.9 Å². The standard InChI is InChI=1S/C33H32N2O6S/c1-4-7-18-41-24-10-8-9-22(19-24)30(36)28-29(21-11-13-23(14-12-21)40-17-5-2)35(32(38)31(28)37)33-34-26-16-15-25(39-6-3)20-27(26)42-33/h5,8-16,19-20,29,36H,2,4,6-7,17-18H2,1,3H3/b30-28+. The van der Waals surface area contributed by atoms with Gasteiger partial charge in [-0.05, 0) is 61.4 Å². The Morgan fingerprint density at radius 3 is 2.50 bits per heavy atom. The van der Waals surface area contributed by atoms with E-state index < -0.39 is 17.7 Å². The van der Waals surface area contributed by atoms with E-state index >= 15 is 0 Å². The van der Waals surface area contributed by atoms with Crippen LogP contribution in [0, 0.1) is 0 Å². The molecular weight excluding hydrogens is 552 g/mol. The molecule has 1 unspecified atom stereocenters. The Labute approximate surface area is 248 Å². The Kier molecular flexibility index (Phi) is 8.88. The number of anilines is 1. The summed E-state index contributed by atoms with van der Waals surface area (Å²) in [7, 11) is 0. The molecular formula is C33H32N2O6S. The summed E-state index contributed by atoms with van der Waals surface area (Å²) in [6.45, 7) is 9.04. The van der Waals surface area contributed by atoms with Crippen molar-refractivity contribution >= 4 is 44.1 Å². The zero-order chi connectivity index (χ0) is 29.6. The highest BCUT2D eigenvalue weighted by atomic mass is 32.1. The first-order chi connectivity index (χ1) is 20.4. The molecule has 0 aliphatic carbocycles. The van der Waals surface area contributed by atoms with Crippen LogP contribution in [0.5, 0.6) is 17.2 Å². The van der Waals surface area contributed by atoms with Crippen molar-refractivity contribution in [3.05, 3.63) is 96.1 Å². The van der Waals surface area contributed by atoms with E-state index in [0.29, 0.717) is 58.8 Å². The van der Waals surface area contributed by atoms with Gasteiger partial charge in [0.1, 0.15) is 29.6 Å². The zero-order valence-electron chi connectivity index (χ0n) is 23.5. The number of thiazole rings is 1. The average molecular weight is 585 g/mol. The number of ketones is 1. The second-order valence-corrected chi connectivity index (χ2v) is 10.6. The van der Waals surface area contributed by atoms with Gasteiger partial charge in [-0.3, -0.25) is 14.5 Å². The summed E-state index contributed by atoms with van der Waals surface area (Å²) in [5.74, 6) is 0.0155. The number of carbonyl (C=O) groups is 2. The highest BCUT2D eigenvalue weighted by Gasteiger charge is 2.48. The van der Waals surface area contributed by atoms with Gasteiger partial charge in [-0.25, -0.2) is 4.98 Å². The molecule has 8 nitrogen and oxygen atoms in total. The van der Waals surface area contributed by atoms with Crippen LogP contribution < -0.4 is 19.1 Å². The first kappa shape index (κ1) is 28.9. The van der Waals surface area contributed by atoms with Crippen LogP contribution in [0.3, 0.4) is 0 Å². The summed E-state index contributed by atoms with van der Waals surface area (Å²) < 4.78 is 17.9. The second-order valence-electron chi connectivity index (χ2n) is 9.63. The molecule has 1 aromatic heterocycles. The fourth-order valence-corrected chi connectivity index (χ4v) is 5.74. The van der Waals surface area contributed by atoms with Crippen molar-refractivity contribution in [3.8, 4) is 17.2 Å². The van der Waals surface area contributed by atoms with E-state index in [1.165, 1.54) is 16.2 Å². The highest BCUT2D eigenvalue weighted by Crippen LogP contribution is 2.45. The lowest BCUT2D eigenvalue weighted by atomic mass is 9.95. The first-order valence-corrected chi connectivity index (χ1v) is 14.7. The maximum Gasteiger partial charge on any atom is 0.301 e. The largest absolute Gasteiger partial charge is 0.507 e. The summed E-state index contributed by atoms with van der Waals surface area (Å²) >= 11 is 1.28. The molecule has 0 saturated carbocycles. The van der Waals surface area contributed by atoms with E-state index in [-0.39, 0.29) is 11.3 Å². The minimum atomic E-state index is -0.921. The quantitative estimate of drug-likeness (QED) is 0.0626. The molecule has 1 fully saturated rings. The van der Waals surface area contributed by atoms with Gasteiger partial charge in [0.05, 0.1) is 35.0 Å². The number of unbranched alkanes of at least 4 members (excludes halogenated alkanes) is 1. The number of benzene rings is 3. The number of Topliss-reactive ketones (excluding diaryl/α,β-unsaturated/α-hetero) is 1. The SMILES string of the molecule is C=CCOc1ccc(C2/C(=C(\O)c3cccc(OCCCC)c3)C(=O)C(=O)N2c2nc3ccc(OCC)cc3s2)cc1. The summed E-state index contributed by atoms with van der Waals surface area (Å²) in [6.07, 6.45) is 3.52. The molecule has 1 saturated heterocycles. The lowest BCUT2D eigenvalue weighted by molar-refractivity contribution is -0.132. The maximum atomic E-state index is 13.6. The Morgan fingerprint density at radius 1 is 1.00 bits per heavy atom. The number of amides is 1. The summed E-state index contributed by atoms with van der Waals surface area (Å²) in [6, 6.07) is 18.6. The number of carbonyl (C=O) groups excluding carboxylic acids is 2. The fraction of sp³-hybridized carbons (Fsp3) is 0.242. The van der Waals surface area contributed by atoms with Gasteiger partial charge in [0, 0.05) is 5.56 Å². The Morgan fingerprint density at radius 2 is 1.76 bits per heavy atom. The Balaban J connectivity index is 1.61. The lowest BCUT2D eigenvalue weighted by Crippen LogP contribution is -2.29. The van der Waals surface area contributed by atoms with Gasteiger partial charge in [-0.1, -0.05) is 61.6 Å². The number of hydrogen-bond acceptors (Lipinski definition) is 8. The van der Waals surface area contributed by atoms with Crippen molar-refractivity contribution in [2.45, 2.75) is 32.7 Å². The molecule has 1 aliphatic rings. The number of aliphatic hydroxyl groups excluding tert-OH is 1. The third-order valence-electron chi connectivity index (χ3n) is 6.75. The van der Waals surface area contributed by atoms with Gasteiger partial charge in [0.25, 0.3) is 5.78 Å². The molecule has 4 aromatic rings. The molecule has 0 bridgehead atoms. The monoisotopic (exact) mass is 584 g/mol. The molecule has 9 heteroatoms. The normalized spacial score (nSPS) is 16.1. The molecule has 1 N–H and O–H groups in total. The second kappa shape index (κ2) is 12.9. The zero-order valence-corrected chi connectivity index (χ0v) is 24.4. The van der Waals surface area contributed by atoms with E-state index in [2.05, 4.69) is 13.5 Å². The van der Waals surface area contributed by atoms with Gasteiger partial charge >= 0.3 is 5.91 Å². The predicted molar refractivity (Wildman–Crippen MR) is 165 cm³/mol. The first-order valence-electron chi connectivity index (χ1n) is 13.9. The summed E-state index contributed by atoms with van der Waals surface area (Å²) in [4.78, 5) is 33.3. The number of ether oxygens (including phenoxy) is 3. The number of aromatic nitrogens is 1. The van der Waals surface area contributed by atoms with Gasteiger partial charge in [-0.2, -0.15) is 0 Å². The van der Waals surface area contributed by atoms with E-state index in [4.69, 9.17) is 19.2 Å². The third kappa shape index (κ3) is 5.87. The summed E-state index contributed by atoms with van der Waals surface area (Å²) in [5, 5.41) is 11.9. The lowest BCUT2D eigenvalue weighted by Gasteiger charge is -2.23. The van der Waals surface area contributed by atoms with Crippen LogP contribution in [0.1, 0.15) is 43.9 Å². The van der Waals surface area contributed by atoms with Crippen molar-refractivity contribution in [1.82, 2.24) is 4.98 Å². The molecule has 1 aliphatic heterocycles. The number of nitrogens with zero attached hydrogens (tertiary/aromatic N) is 2. The van der Waals surface area contributed by atoms with E-state index in [9.17, 15) is 14.7 Å². The number of rotatable bonds is 12. The molecule has 0 spiro atoms. The van der Waals surface area contributed by atoms with E-state index in [1.54, 1.807) is 54.6 Å². The molecule has 1 atom stereocenters. The minimum Gasteiger partial charge on any atom is -0.507 e. The van der Waals surface area contributed by atoms with Crippen LogP contribution in [-0.4, -0.2) is 41.6 Å². The molecule has 0 radical (unpaired) electrons. The Bertz CT molecular complexity index is 1640. The van der Waals surface area contributed by atoms with Crippen LogP contribution in [0.2, 0.25) is 0 Å². The smallest absolute Gasteiger partial charge is 0.301 e. The average Bonchev–Trinajstić information content (AvgIpc) is 3.54. The van der Waals surface area contributed by atoms with Gasteiger partial charge < -0.3 is 19.3 Å². The van der Waals surface area contributed by atoms with Crippen LogP contribution >= 0.6 is 11.3 Å². The highest BCUT2D eigenvalue weighted by molar-refractivity contribution is 7.22. The minimum absolute atomic E-state index is 0.0280. The van der Waals surface area contributed by atoms with Gasteiger partial charge in [0.2, 0.25) is 0 Å². The van der Waals surface area contributed by atoms with Crippen LogP contribution in [0.4, 0.5) is 5.13 Å². The van der Waals surface area contributed by atoms with Crippen LogP contribution in [-0.2, 0) is 9.59 Å². The number of hydrogen-bond donors (Lipinski definition) is 1. The van der Waals surface area contributed by atoms with Crippen LogP contribution in [0.25, 0.3) is 16.0 Å². The predicted octanol–water partition coefficient (Wildman–Crippen LogP) is 7.07. The molecule has 1 amide bonds. The summed E-state index contributed by atoms with van der Waals surface area (Å²) in [5.41, 5.74) is 1.64. The number of fused-ring (bicyclic) bond motifs is 1. The van der Waals surface area contributed by atoms with Crippen LogP contribution in [0.15, 0.2) is 85.0 Å². The molecule has 42 heavy (non-hydrogen) atoms. The van der Waals surface area contributed by atoms with Crippen molar-refractivity contribution in [2.24, 2.45) is 0 Å².